The van der Waals surface area contributed by atoms with Crippen molar-refractivity contribution in [3.8, 4) is 11.1 Å². The lowest BCUT2D eigenvalue weighted by molar-refractivity contribution is 0.801. The van der Waals surface area contributed by atoms with E-state index in [0.29, 0.717) is 0 Å². The summed E-state index contributed by atoms with van der Waals surface area (Å²) in [5.41, 5.74) is 12.7. The van der Waals surface area contributed by atoms with Crippen LogP contribution in [0, 0.1) is 0 Å². The van der Waals surface area contributed by atoms with Crippen LogP contribution < -0.4 is 10.9 Å². The molecular weight excluding hydrogens is 280 g/mol. The smallest absolute Gasteiger partial charge is 0.0487 e. The SMILES string of the molecule is CCc1ccc(-c2ccc(CNNc3ccccc3)cc2)cc1. The van der Waals surface area contributed by atoms with Crippen molar-refractivity contribution in [2.45, 2.75) is 19.9 Å². The highest BCUT2D eigenvalue weighted by Crippen LogP contribution is 2.20. The van der Waals surface area contributed by atoms with Crippen molar-refractivity contribution >= 4 is 5.69 Å². The monoisotopic (exact) mass is 302 g/mol. The standard InChI is InChI=1S/C21H22N2/c1-2-17-8-12-19(13-9-17)20-14-10-18(11-15-20)16-22-23-21-6-4-3-5-7-21/h3-15,22-23H,2,16H2,1H3. The zero-order chi connectivity index (χ0) is 15.9. The number of hydrogen-bond donors (Lipinski definition) is 2. The largest absolute Gasteiger partial charge is 0.321 e. The predicted molar refractivity (Wildman–Crippen MR) is 98.2 cm³/mol. The lowest BCUT2D eigenvalue weighted by Gasteiger charge is -2.09. The van der Waals surface area contributed by atoms with E-state index in [0.717, 1.165) is 18.7 Å². The molecule has 3 aromatic rings. The molecular formula is C21H22N2. The number of rotatable bonds is 6. The molecule has 0 heterocycles. The molecule has 0 atom stereocenters. The van der Waals surface area contributed by atoms with E-state index in [1.54, 1.807) is 0 Å². The van der Waals surface area contributed by atoms with E-state index in [1.165, 1.54) is 22.3 Å². The number of anilines is 1. The van der Waals surface area contributed by atoms with Gasteiger partial charge in [-0.1, -0.05) is 73.7 Å². The summed E-state index contributed by atoms with van der Waals surface area (Å²) in [7, 11) is 0. The van der Waals surface area contributed by atoms with Crippen molar-refractivity contribution in [1.29, 1.82) is 0 Å². The molecule has 2 nitrogen and oxygen atoms in total. The third-order valence-electron chi connectivity index (χ3n) is 3.95. The first-order chi connectivity index (χ1) is 11.3. The molecule has 116 valence electrons. The van der Waals surface area contributed by atoms with Crippen LogP contribution in [-0.2, 0) is 13.0 Å². The van der Waals surface area contributed by atoms with Crippen LogP contribution in [-0.4, -0.2) is 0 Å². The van der Waals surface area contributed by atoms with Crippen LogP contribution in [0.3, 0.4) is 0 Å². The van der Waals surface area contributed by atoms with E-state index in [-0.39, 0.29) is 0 Å². The highest BCUT2D eigenvalue weighted by Gasteiger charge is 1.99. The second-order valence-corrected chi connectivity index (χ2v) is 5.59. The van der Waals surface area contributed by atoms with Gasteiger partial charge in [-0.15, -0.1) is 0 Å². The average molecular weight is 302 g/mol. The maximum atomic E-state index is 3.24. The zero-order valence-corrected chi connectivity index (χ0v) is 13.4. The Labute approximate surface area is 138 Å². The second kappa shape index (κ2) is 7.61. The summed E-state index contributed by atoms with van der Waals surface area (Å²) in [5.74, 6) is 0. The van der Waals surface area contributed by atoms with Crippen molar-refractivity contribution < 1.29 is 0 Å². The minimum absolute atomic E-state index is 0.782. The van der Waals surface area contributed by atoms with Gasteiger partial charge in [-0.05, 0) is 40.8 Å². The Morgan fingerprint density at radius 1 is 0.652 bits per heavy atom. The fourth-order valence-electron chi connectivity index (χ4n) is 2.52. The number of nitrogens with one attached hydrogen (secondary N) is 2. The molecule has 0 saturated carbocycles. The molecule has 3 aromatic carbocycles. The van der Waals surface area contributed by atoms with E-state index in [2.05, 4.69) is 66.3 Å². The molecule has 2 N–H and O–H groups in total. The van der Waals surface area contributed by atoms with Crippen LogP contribution in [0.25, 0.3) is 11.1 Å². The summed E-state index contributed by atoms with van der Waals surface area (Å²) in [6, 6.07) is 27.6. The van der Waals surface area contributed by atoms with E-state index >= 15 is 0 Å². The van der Waals surface area contributed by atoms with Crippen LogP contribution in [0.4, 0.5) is 5.69 Å². The molecule has 0 radical (unpaired) electrons. The second-order valence-electron chi connectivity index (χ2n) is 5.59. The van der Waals surface area contributed by atoms with Crippen molar-refractivity contribution in [2.24, 2.45) is 0 Å². The summed E-state index contributed by atoms with van der Waals surface area (Å²) >= 11 is 0. The van der Waals surface area contributed by atoms with Gasteiger partial charge in [-0.25, -0.2) is 5.43 Å². The quantitative estimate of drug-likeness (QED) is 0.624. The molecule has 23 heavy (non-hydrogen) atoms. The first kappa shape index (κ1) is 15.3. The van der Waals surface area contributed by atoms with E-state index in [9.17, 15) is 0 Å². The van der Waals surface area contributed by atoms with Crippen LogP contribution >= 0.6 is 0 Å². The fourth-order valence-corrected chi connectivity index (χ4v) is 2.52. The molecule has 0 aromatic heterocycles. The number of benzene rings is 3. The Morgan fingerprint density at radius 2 is 1.22 bits per heavy atom. The van der Waals surface area contributed by atoms with E-state index in [1.807, 2.05) is 30.3 Å². The van der Waals surface area contributed by atoms with Crippen molar-refractivity contribution in [1.82, 2.24) is 5.43 Å². The molecule has 0 amide bonds. The normalized spacial score (nSPS) is 10.5. The van der Waals surface area contributed by atoms with E-state index < -0.39 is 0 Å². The van der Waals surface area contributed by atoms with Crippen molar-refractivity contribution in [3.63, 3.8) is 0 Å². The average Bonchev–Trinajstić information content (AvgIpc) is 2.63. The van der Waals surface area contributed by atoms with Gasteiger partial charge in [-0.3, -0.25) is 0 Å². The predicted octanol–water partition coefficient (Wildman–Crippen LogP) is 5.03. The van der Waals surface area contributed by atoms with Gasteiger partial charge in [0, 0.05) is 12.2 Å². The van der Waals surface area contributed by atoms with Gasteiger partial charge in [-0.2, -0.15) is 0 Å². The molecule has 0 aliphatic rings. The summed E-state index contributed by atoms with van der Waals surface area (Å²) in [4.78, 5) is 0. The summed E-state index contributed by atoms with van der Waals surface area (Å²) < 4.78 is 0. The van der Waals surface area contributed by atoms with Crippen LogP contribution in [0.2, 0.25) is 0 Å². The summed E-state index contributed by atoms with van der Waals surface area (Å²) in [6.07, 6.45) is 1.08. The third-order valence-corrected chi connectivity index (χ3v) is 3.95. The van der Waals surface area contributed by atoms with E-state index in [4.69, 9.17) is 0 Å². The van der Waals surface area contributed by atoms with Gasteiger partial charge in [0.1, 0.15) is 0 Å². The van der Waals surface area contributed by atoms with Gasteiger partial charge in [0.2, 0.25) is 0 Å². The van der Waals surface area contributed by atoms with Crippen molar-refractivity contribution in [3.05, 3.63) is 90.0 Å². The molecule has 0 aliphatic carbocycles. The van der Waals surface area contributed by atoms with Crippen LogP contribution in [0.1, 0.15) is 18.1 Å². The summed E-state index contributed by atoms with van der Waals surface area (Å²) in [5, 5.41) is 0. The molecule has 2 heteroatoms. The molecule has 0 aliphatic heterocycles. The molecule has 3 rings (SSSR count). The van der Waals surface area contributed by atoms with Gasteiger partial charge < -0.3 is 5.43 Å². The molecule has 0 unspecified atom stereocenters. The lowest BCUT2D eigenvalue weighted by Crippen LogP contribution is -2.20. The van der Waals surface area contributed by atoms with Crippen LogP contribution in [0.15, 0.2) is 78.9 Å². The number of para-hydroxylation sites is 1. The third kappa shape index (κ3) is 4.21. The topological polar surface area (TPSA) is 24.1 Å². The van der Waals surface area contributed by atoms with Gasteiger partial charge in [0.25, 0.3) is 0 Å². The first-order valence-electron chi connectivity index (χ1n) is 8.07. The zero-order valence-electron chi connectivity index (χ0n) is 13.4. The molecule has 0 bridgehead atoms. The highest BCUT2D eigenvalue weighted by atomic mass is 15.3. The van der Waals surface area contributed by atoms with Crippen molar-refractivity contribution in [2.75, 3.05) is 5.43 Å². The number of aryl methyl sites for hydroxylation is 1. The van der Waals surface area contributed by atoms with Gasteiger partial charge in [0.15, 0.2) is 0 Å². The van der Waals surface area contributed by atoms with Gasteiger partial charge >= 0.3 is 0 Å². The Bertz CT molecular complexity index is 716. The fraction of sp³-hybridized carbons (Fsp3) is 0.143. The minimum atomic E-state index is 0.782. The highest BCUT2D eigenvalue weighted by molar-refractivity contribution is 5.64. The Morgan fingerprint density at radius 3 is 1.78 bits per heavy atom. The lowest BCUT2D eigenvalue weighted by atomic mass is 10.0. The molecule has 0 fully saturated rings. The number of hydrogen-bond acceptors (Lipinski definition) is 2. The van der Waals surface area contributed by atoms with Crippen LogP contribution in [0.5, 0.6) is 0 Å². The Kier molecular flexibility index (Phi) is 5.07. The Hall–Kier alpha value is -2.58. The maximum Gasteiger partial charge on any atom is 0.0487 e. The van der Waals surface area contributed by atoms with Gasteiger partial charge in [0.05, 0.1) is 0 Å². The Balaban J connectivity index is 1.58. The number of hydrazine groups is 1. The first-order valence-corrected chi connectivity index (χ1v) is 8.07. The maximum absolute atomic E-state index is 3.24. The summed E-state index contributed by atoms with van der Waals surface area (Å²) in [6.45, 7) is 2.96. The minimum Gasteiger partial charge on any atom is -0.321 e. The molecule has 0 saturated heterocycles. The molecule has 0 spiro atoms.